The van der Waals surface area contributed by atoms with Crippen molar-refractivity contribution in [1.82, 2.24) is 4.98 Å². The van der Waals surface area contributed by atoms with Crippen LogP contribution in [0.25, 0.3) is 21.2 Å². The Labute approximate surface area is 140 Å². The quantitative estimate of drug-likeness (QED) is 0.765. The van der Waals surface area contributed by atoms with E-state index < -0.39 is 0 Å². The number of fused-ring (bicyclic) bond motifs is 1. The predicted molar refractivity (Wildman–Crippen MR) is 95.9 cm³/mol. The van der Waals surface area contributed by atoms with Crippen LogP contribution in [-0.2, 0) is 0 Å². The fourth-order valence-corrected chi connectivity index (χ4v) is 4.10. The van der Waals surface area contributed by atoms with Crippen LogP contribution in [0.5, 0.6) is 5.75 Å². The highest BCUT2D eigenvalue weighted by Crippen LogP contribution is 2.40. The predicted octanol–water partition coefficient (Wildman–Crippen LogP) is 4.61. The number of thiophene rings is 1. The van der Waals surface area contributed by atoms with Crippen LogP contribution >= 0.6 is 11.3 Å². The number of nitrogens with two attached hydrogens (primary N) is 1. The third-order valence-corrected chi connectivity index (χ3v) is 5.45. The summed E-state index contributed by atoms with van der Waals surface area (Å²) in [5.74, 6) is 0.978. The van der Waals surface area contributed by atoms with E-state index in [2.05, 4.69) is 40.7 Å². The third kappa shape index (κ3) is 2.96. The normalized spacial score (nSPS) is 21.4. The van der Waals surface area contributed by atoms with E-state index in [4.69, 9.17) is 10.5 Å². The summed E-state index contributed by atoms with van der Waals surface area (Å²) in [5, 5.41) is 4.46. The molecule has 4 heteroatoms. The number of nitrogens with zero attached hydrogens (tertiary/aromatic N) is 1. The van der Waals surface area contributed by atoms with Crippen molar-refractivity contribution in [3.05, 3.63) is 48.1 Å². The first-order valence-corrected chi connectivity index (χ1v) is 9.02. The first kappa shape index (κ1) is 14.7. The number of hydrogen-bond acceptors (Lipinski definition) is 4. The number of pyridine rings is 1. The van der Waals surface area contributed by atoms with Gasteiger partial charge in [0, 0.05) is 34.3 Å². The Morgan fingerprint density at radius 2 is 1.96 bits per heavy atom. The van der Waals surface area contributed by atoms with E-state index in [9.17, 15) is 0 Å². The average Bonchev–Trinajstić information content (AvgIpc) is 3.11. The topological polar surface area (TPSA) is 48.1 Å². The Bertz CT molecular complexity index is 792. The van der Waals surface area contributed by atoms with Crippen LogP contribution in [0.2, 0.25) is 0 Å². The Balaban J connectivity index is 1.75. The van der Waals surface area contributed by atoms with Gasteiger partial charge in [0.05, 0.1) is 6.10 Å². The summed E-state index contributed by atoms with van der Waals surface area (Å²) >= 11 is 1.75. The molecule has 0 saturated heterocycles. The number of ether oxygens (including phenoxy) is 1. The van der Waals surface area contributed by atoms with Gasteiger partial charge in [-0.3, -0.25) is 4.98 Å². The zero-order valence-corrected chi connectivity index (χ0v) is 13.8. The maximum atomic E-state index is 6.40. The lowest BCUT2D eigenvalue weighted by atomic mass is 9.93. The zero-order valence-electron chi connectivity index (χ0n) is 12.9. The molecule has 118 valence electrons. The zero-order chi connectivity index (χ0) is 15.6. The van der Waals surface area contributed by atoms with Gasteiger partial charge in [-0.15, -0.1) is 11.3 Å². The molecule has 0 atom stereocenters. The van der Waals surface area contributed by atoms with Gasteiger partial charge < -0.3 is 10.5 Å². The number of benzene rings is 1. The molecule has 1 aliphatic rings. The summed E-state index contributed by atoms with van der Waals surface area (Å²) in [6.45, 7) is 0. The summed E-state index contributed by atoms with van der Waals surface area (Å²) < 4.78 is 6.40. The average molecular weight is 324 g/mol. The minimum Gasteiger partial charge on any atom is -0.490 e. The SMILES string of the molecule is NC1CCC(Oc2ccc3cnccc3c2-c2cccs2)CC1. The summed E-state index contributed by atoms with van der Waals surface area (Å²) in [6.07, 6.45) is 8.22. The highest BCUT2D eigenvalue weighted by atomic mass is 32.1. The van der Waals surface area contributed by atoms with Gasteiger partial charge in [-0.1, -0.05) is 6.07 Å². The molecule has 1 fully saturated rings. The van der Waals surface area contributed by atoms with E-state index >= 15 is 0 Å². The molecule has 0 unspecified atom stereocenters. The number of hydrogen-bond donors (Lipinski definition) is 1. The van der Waals surface area contributed by atoms with Gasteiger partial charge in [-0.25, -0.2) is 0 Å². The fourth-order valence-electron chi connectivity index (χ4n) is 3.31. The second-order valence-electron chi connectivity index (χ2n) is 6.17. The van der Waals surface area contributed by atoms with Crippen molar-refractivity contribution >= 4 is 22.1 Å². The standard InChI is InChI=1S/C19H20N2OS/c20-14-4-6-15(7-5-14)22-17-8-3-13-12-21-10-9-16(13)19(17)18-2-1-11-23-18/h1-3,8-12,14-15H,4-7,20H2. The van der Waals surface area contributed by atoms with Crippen molar-refractivity contribution in [1.29, 1.82) is 0 Å². The number of aromatic nitrogens is 1. The van der Waals surface area contributed by atoms with Gasteiger partial charge in [-0.2, -0.15) is 0 Å². The van der Waals surface area contributed by atoms with E-state index in [0.29, 0.717) is 6.04 Å². The van der Waals surface area contributed by atoms with E-state index in [1.54, 1.807) is 11.3 Å². The molecule has 2 N–H and O–H groups in total. The second-order valence-corrected chi connectivity index (χ2v) is 7.12. The van der Waals surface area contributed by atoms with Gasteiger partial charge in [0.2, 0.25) is 0 Å². The van der Waals surface area contributed by atoms with Crippen LogP contribution < -0.4 is 10.5 Å². The highest BCUT2D eigenvalue weighted by molar-refractivity contribution is 7.13. The first-order valence-electron chi connectivity index (χ1n) is 8.14. The molecule has 2 aromatic heterocycles. The largest absolute Gasteiger partial charge is 0.490 e. The summed E-state index contributed by atoms with van der Waals surface area (Å²) in [6, 6.07) is 10.9. The Kier molecular flexibility index (Phi) is 4.02. The van der Waals surface area contributed by atoms with E-state index in [1.807, 2.05) is 12.4 Å². The number of rotatable bonds is 3. The highest BCUT2D eigenvalue weighted by Gasteiger charge is 2.22. The molecular weight excluding hydrogens is 304 g/mol. The molecule has 3 nitrogen and oxygen atoms in total. The smallest absolute Gasteiger partial charge is 0.129 e. The molecule has 4 rings (SSSR count). The Hall–Kier alpha value is -1.91. The summed E-state index contributed by atoms with van der Waals surface area (Å²) in [4.78, 5) is 5.48. The Morgan fingerprint density at radius 1 is 1.09 bits per heavy atom. The van der Waals surface area contributed by atoms with Gasteiger partial charge in [0.1, 0.15) is 5.75 Å². The van der Waals surface area contributed by atoms with Crippen LogP contribution in [0.15, 0.2) is 48.1 Å². The van der Waals surface area contributed by atoms with Crippen molar-refractivity contribution in [3.63, 3.8) is 0 Å². The maximum Gasteiger partial charge on any atom is 0.129 e. The van der Waals surface area contributed by atoms with Crippen molar-refractivity contribution in [2.45, 2.75) is 37.8 Å². The van der Waals surface area contributed by atoms with Gasteiger partial charge in [0.15, 0.2) is 0 Å². The van der Waals surface area contributed by atoms with Crippen molar-refractivity contribution in [3.8, 4) is 16.2 Å². The molecule has 23 heavy (non-hydrogen) atoms. The Morgan fingerprint density at radius 3 is 2.74 bits per heavy atom. The maximum absolute atomic E-state index is 6.40. The summed E-state index contributed by atoms with van der Waals surface area (Å²) in [7, 11) is 0. The molecule has 0 spiro atoms. The molecule has 0 aliphatic heterocycles. The lowest BCUT2D eigenvalue weighted by molar-refractivity contribution is 0.148. The van der Waals surface area contributed by atoms with E-state index in [-0.39, 0.29) is 6.10 Å². The van der Waals surface area contributed by atoms with E-state index in [0.717, 1.165) is 36.8 Å². The van der Waals surface area contributed by atoms with Crippen LogP contribution in [0, 0.1) is 0 Å². The second kappa shape index (κ2) is 6.30. The lowest BCUT2D eigenvalue weighted by Gasteiger charge is -2.27. The van der Waals surface area contributed by atoms with Gasteiger partial charge in [0.25, 0.3) is 0 Å². The van der Waals surface area contributed by atoms with Crippen LogP contribution in [0.1, 0.15) is 25.7 Å². The lowest BCUT2D eigenvalue weighted by Crippen LogP contribution is -2.31. The van der Waals surface area contributed by atoms with Crippen molar-refractivity contribution in [2.24, 2.45) is 5.73 Å². The van der Waals surface area contributed by atoms with Crippen molar-refractivity contribution in [2.75, 3.05) is 0 Å². The van der Waals surface area contributed by atoms with Crippen LogP contribution in [-0.4, -0.2) is 17.1 Å². The third-order valence-electron chi connectivity index (χ3n) is 4.56. The molecule has 3 aromatic rings. The molecule has 0 bridgehead atoms. The van der Waals surface area contributed by atoms with E-state index in [1.165, 1.54) is 15.8 Å². The fraction of sp³-hybridized carbons (Fsp3) is 0.316. The van der Waals surface area contributed by atoms with Gasteiger partial charge in [-0.05, 0) is 60.7 Å². The molecule has 1 aliphatic carbocycles. The summed E-state index contributed by atoms with van der Waals surface area (Å²) in [5.41, 5.74) is 7.20. The molecule has 1 aromatic carbocycles. The monoisotopic (exact) mass is 324 g/mol. The van der Waals surface area contributed by atoms with Crippen LogP contribution in [0.3, 0.4) is 0 Å². The molecule has 0 amide bonds. The minimum atomic E-state index is 0.271. The first-order chi connectivity index (χ1) is 11.3. The molecular formula is C19H20N2OS. The van der Waals surface area contributed by atoms with Crippen molar-refractivity contribution < 1.29 is 4.74 Å². The molecule has 2 heterocycles. The van der Waals surface area contributed by atoms with Gasteiger partial charge >= 0.3 is 0 Å². The molecule has 1 saturated carbocycles. The van der Waals surface area contributed by atoms with Crippen LogP contribution in [0.4, 0.5) is 0 Å². The minimum absolute atomic E-state index is 0.271. The molecule has 0 radical (unpaired) electrons.